The predicted molar refractivity (Wildman–Crippen MR) is 123 cm³/mol. The van der Waals surface area contributed by atoms with E-state index in [9.17, 15) is 18.0 Å². The Morgan fingerprint density at radius 1 is 1.29 bits per heavy atom. The van der Waals surface area contributed by atoms with Crippen LogP contribution in [0.15, 0.2) is 28.8 Å². The number of carbonyl (C=O) groups is 1. The van der Waals surface area contributed by atoms with Gasteiger partial charge in [-0.3, -0.25) is 4.79 Å². The second-order valence-electron chi connectivity index (χ2n) is 9.44. The number of alkyl halides is 3. The molecule has 1 saturated heterocycles. The summed E-state index contributed by atoms with van der Waals surface area (Å²) in [4.78, 5) is 18.3. The van der Waals surface area contributed by atoms with Gasteiger partial charge in [0.25, 0.3) is 0 Å². The highest BCUT2D eigenvalue weighted by Gasteiger charge is 2.32. The fourth-order valence-corrected chi connectivity index (χ4v) is 4.56. The van der Waals surface area contributed by atoms with Crippen molar-refractivity contribution in [1.82, 2.24) is 24.9 Å². The highest BCUT2D eigenvalue weighted by atomic mass is 19.4. The van der Waals surface area contributed by atoms with Crippen LogP contribution in [-0.2, 0) is 17.9 Å². The Morgan fingerprint density at radius 3 is 2.80 bits per heavy atom. The first-order valence-electron chi connectivity index (χ1n) is 11.7. The average Bonchev–Trinajstić information content (AvgIpc) is 3.44. The largest absolute Gasteiger partial charge is 0.406 e. The third kappa shape index (κ3) is 5.27. The Balaban J connectivity index is 1.46. The molecular formula is C23H28F3N7O2. The van der Waals surface area contributed by atoms with Gasteiger partial charge in [-0.2, -0.15) is 18.2 Å². The van der Waals surface area contributed by atoms with E-state index in [-0.39, 0.29) is 47.9 Å². The number of hydrogen-bond donors (Lipinski definition) is 3. The van der Waals surface area contributed by atoms with Gasteiger partial charge in [0, 0.05) is 35.6 Å². The molecule has 2 atom stereocenters. The van der Waals surface area contributed by atoms with Crippen LogP contribution in [0.5, 0.6) is 0 Å². The van der Waals surface area contributed by atoms with Gasteiger partial charge in [-0.25, -0.2) is 0 Å². The van der Waals surface area contributed by atoms with Crippen molar-refractivity contribution >= 4 is 22.5 Å². The molecule has 1 saturated carbocycles. The molecule has 0 bridgehead atoms. The summed E-state index contributed by atoms with van der Waals surface area (Å²) in [7, 11) is 2.01. The van der Waals surface area contributed by atoms with E-state index in [0.717, 1.165) is 36.9 Å². The van der Waals surface area contributed by atoms with Gasteiger partial charge in [-0.15, -0.1) is 0 Å². The second kappa shape index (κ2) is 9.15. The minimum Gasteiger partial charge on any atom is -0.380 e. The van der Waals surface area contributed by atoms with Crippen LogP contribution in [0.2, 0.25) is 0 Å². The quantitative estimate of drug-likeness (QED) is 0.466. The maximum atomic E-state index is 13.5. The van der Waals surface area contributed by atoms with Gasteiger partial charge in [0.2, 0.25) is 17.6 Å². The first-order valence-corrected chi connectivity index (χ1v) is 11.7. The molecule has 4 N–H and O–H groups in total. The van der Waals surface area contributed by atoms with E-state index >= 15 is 0 Å². The van der Waals surface area contributed by atoms with Crippen LogP contribution in [0.25, 0.3) is 22.4 Å². The van der Waals surface area contributed by atoms with Gasteiger partial charge in [0.05, 0.1) is 17.8 Å². The standard InChI is InChI=1S/C23H28F3N7O2/c1-32-8-7-17(15(27)11-32)29-16-3-2-4-18-14(16)9-19(33(18)12-23(24,25)26)21-30-20(35-31-21)10-28-22(34)13-5-6-13/h2-4,9,13,15,17,29H,5-8,10-12,27H2,1H3,(H,28,34). The lowest BCUT2D eigenvalue weighted by molar-refractivity contribution is -0.139. The summed E-state index contributed by atoms with van der Waals surface area (Å²) in [5.74, 6) is 0.102. The monoisotopic (exact) mass is 491 g/mol. The summed E-state index contributed by atoms with van der Waals surface area (Å²) >= 11 is 0. The van der Waals surface area contributed by atoms with E-state index < -0.39 is 12.7 Å². The van der Waals surface area contributed by atoms with E-state index in [1.54, 1.807) is 18.2 Å². The lowest BCUT2D eigenvalue weighted by Gasteiger charge is -2.35. The van der Waals surface area contributed by atoms with Crippen LogP contribution in [0.3, 0.4) is 0 Å². The van der Waals surface area contributed by atoms with Crippen molar-refractivity contribution in [3.63, 3.8) is 0 Å². The van der Waals surface area contributed by atoms with E-state index in [1.165, 1.54) is 0 Å². The zero-order valence-corrected chi connectivity index (χ0v) is 19.3. The summed E-state index contributed by atoms with van der Waals surface area (Å²) in [6.45, 7) is 0.440. The molecule has 2 unspecified atom stereocenters. The van der Waals surface area contributed by atoms with Crippen molar-refractivity contribution < 1.29 is 22.5 Å². The average molecular weight is 492 g/mol. The number of aromatic nitrogens is 3. The molecule has 0 spiro atoms. The van der Waals surface area contributed by atoms with Gasteiger partial charge in [-0.1, -0.05) is 11.2 Å². The second-order valence-corrected chi connectivity index (χ2v) is 9.44. The normalized spacial score (nSPS) is 21.4. The zero-order chi connectivity index (χ0) is 24.7. The Hall–Kier alpha value is -3.12. The maximum Gasteiger partial charge on any atom is 0.406 e. The van der Waals surface area contributed by atoms with Crippen molar-refractivity contribution in [2.75, 3.05) is 25.5 Å². The van der Waals surface area contributed by atoms with Gasteiger partial charge in [0.1, 0.15) is 6.54 Å². The molecule has 2 aliphatic rings. The number of nitrogens with two attached hydrogens (primary N) is 1. The van der Waals surface area contributed by atoms with Crippen LogP contribution >= 0.6 is 0 Å². The predicted octanol–water partition coefficient (Wildman–Crippen LogP) is 2.72. The molecule has 2 fully saturated rings. The Kier molecular flexibility index (Phi) is 6.18. The molecule has 1 amide bonds. The number of nitrogens with zero attached hydrogens (tertiary/aromatic N) is 4. The lowest BCUT2D eigenvalue weighted by atomic mass is 10.00. The molecule has 2 aromatic heterocycles. The van der Waals surface area contributed by atoms with Crippen molar-refractivity contribution in [3.05, 3.63) is 30.2 Å². The molecule has 3 aromatic rings. The minimum absolute atomic E-state index is 0.00178. The van der Waals surface area contributed by atoms with Crippen molar-refractivity contribution in [2.24, 2.45) is 11.7 Å². The van der Waals surface area contributed by atoms with E-state index in [0.29, 0.717) is 16.6 Å². The summed E-state index contributed by atoms with van der Waals surface area (Å²) < 4.78 is 47.0. The van der Waals surface area contributed by atoms with Gasteiger partial charge in [-0.05, 0) is 51.1 Å². The topological polar surface area (TPSA) is 114 Å². The van der Waals surface area contributed by atoms with Crippen molar-refractivity contribution in [2.45, 2.75) is 50.6 Å². The molecule has 1 aromatic carbocycles. The molecule has 1 aliphatic heterocycles. The Labute approximate surface area is 199 Å². The number of likely N-dealkylation sites (tertiary alicyclic amines) is 1. The lowest BCUT2D eigenvalue weighted by Crippen LogP contribution is -2.53. The third-order valence-electron chi connectivity index (χ3n) is 6.54. The zero-order valence-electron chi connectivity index (χ0n) is 19.3. The SMILES string of the molecule is CN1CCC(Nc2cccc3c2cc(-c2noc(CNC(=O)C4CC4)n2)n3CC(F)(F)F)C(N)C1. The van der Waals surface area contributed by atoms with Gasteiger partial charge in [0.15, 0.2) is 0 Å². The molecule has 9 nitrogen and oxygen atoms in total. The number of nitrogens with one attached hydrogen (secondary N) is 2. The van der Waals surface area contributed by atoms with Crippen LogP contribution in [0.4, 0.5) is 18.9 Å². The summed E-state index contributed by atoms with van der Waals surface area (Å²) in [5, 5.41) is 10.7. The van der Waals surface area contributed by atoms with Gasteiger partial charge < -0.3 is 30.4 Å². The fourth-order valence-electron chi connectivity index (χ4n) is 4.56. The van der Waals surface area contributed by atoms with Gasteiger partial charge >= 0.3 is 6.18 Å². The summed E-state index contributed by atoms with van der Waals surface area (Å²) in [5.41, 5.74) is 7.61. The molecule has 3 heterocycles. The number of anilines is 1. The number of likely N-dealkylation sites (N-methyl/N-ethyl adjacent to an activating group) is 1. The fraction of sp³-hybridized carbons (Fsp3) is 0.522. The highest BCUT2D eigenvalue weighted by molar-refractivity contribution is 5.96. The third-order valence-corrected chi connectivity index (χ3v) is 6.54. The van der Waals surface area contributed by atoms with Crippen LogP contribution in [-0.4, -0.2) is 63.9 Å². The number of rotatable bonds is 7. The Morgan fingerprint density at radius 2 is 2.09 bits per heavy atom. The number of fused-ring (bicyclic) bond motifs is 1. The van der Waals surface area contributed by atoms with Crippen LogP contribution in [0.1, 0.15) is 25.2 Å². The molecule has 1 aliphatic carbocycles. The van der Waals surface area contributed by atoms with Crippen molar-refractivity contribution in [3.8, 4) is 11.5 Å². The molecule has 12 heteroatoms. The minimum atomic E-state index is -4.45. The number of benzene rings is 1. The van der Waals surface area contributed by atoms with Crippen LogP contribution in [0, 0.1) is 5.92 Å². The van der Waals surface area contributed by atoms with Crippen LogP contribution < -0.4 is 16.4 Å². The molecule has 188 valence electrons. The number of piperidine rings is 1. The number of hydrogen-bond acceptors (Lipinski definition) is 7. The molecular weight excluding hydrogens is 463 g/mol. The molecule has 0 radical (unpaired) electrons. The number of carbonyl (C=O) groups excluding carboxylic acids is 1. The summed E-state index contributed by atoms with van der Waals surface area (Å²) in [6, 6.07) is 6.73. The molecule has 5 rings (SSSR count). The van der Waals surface area contributed by atoms with E-state index in [2.05, 4.69) is 25.7 Å². The van der Waals surface area contributed by atoms with E-state index in [1.807, 2.05) is 13.1 Å². The number of amides is 1. The maximum absolute atomic E-state index is 13.5. The summed E-state index contributed by atoms with van der Waals surface area (Å²) in [6.07, 6.45) is -1.91. The smallest absolute Gasteiger partial charge is 0.380 e. The van der Waals surface area contributed by atoms with Crippen molar-refractivity contribution in [1.29, 1.82) is 0 Å². The first kappa shape index (κ1) is 23.6. The molecule has 35 heavy (non-hydrogen) atoms. The highest BCUT2D eigenvalue weighted by Crippen LogP contribution is 2.35. The van der Waals surface area contributed by atoms with E-state index in [4.69, 9.17) is 10.3 Å². The Bertz CT molecular complexity index is 1220. The number of halogens is 3. The first-order chi connectivity index (χ1) is 16.7.